The molecule has 0 amide bonds. The van der Waals surface area contributed by atoms with Gasteiger partial charge in [0.05, 0.1) is 17.3 Å². The van der Waals surface area contributed by atoms with Crippen LogP contribution in [0.15, 0.2) is 24.3 Å². The summed E-state index contributed by atoms with van der Waals surface area (Å²) < 4.78 is 5.13. The third-order valence-electron chi connectivity index (χ3n) is 2.76. The van der Waals surface area contributed by atoms with E-state index in [2.05, 4.69) is 5.32 Å². The van der Waals surface area contributed by atoms with Gasteiger partial charge in [0.25, 0.3) is 0 Å². The van der Waals surface area contributed by atoms with Crippen molar-refractivity contribution in [1.82, 2.24) is 0 Å². The standard InChI is InChI=1S/C14H20ClNO2/c1-4-10-14(3,13(17)18-5-2)16-12-9-7-6-8-11(12)15/h6-9,16H,4-5,10H2,1-3H3. The minimum Gasteiger partial charge on any atom is -0.464 e. The maximum absolute atomic E-state index is 12.0. The summed E-state index contributed by atoms with van der Waals surface area (Å²) in [6.45, 7) is 6.06. The number of anilines is 1. The van der Waals surface area contributed by atoms with Crippen molar-refractivity contribution < 1.29 is 9.53 Å². The Hall–Kier alpha value is -1.22. The first-order chi connectivity index (χ1) is 8.53. The molecular formula is C14H20ClNO2. The van der Waals surface area contributed by atoms with Gasteiger partial charge in [-0.2, -0.15) is 0 Å². The number of esters is 1. The quantitative estimate of drug-likeness (QED) is 0.797. The Morgan fingerprint density at radius 1 is 1.39 bits per heavy atom. The Balaban J connectivity index is 2.92. The summed E-state index contributed by atoms with van der Waals surface area (Å²) >= 11 is 6.10. The summed E-state index contributed by atoms with van der Waals surface area (Å²) in [5, 5.41) is 3.80. The van der Waals surface area contributed by atoms with Gasteiger partial charge in [-0.25, -0.2) is 4.79 Å². The first-order valence-corrected chi connectivity index (χ1v) is 6.61. The Bertz CT molecular complexity index is 409. The molecule has 0 fully saturated rings. The van der Waals surface area contributed by atoms with Crippen LogP contribution in [0.2, 0.25) is 5.02 Å². The Kier molecular flexibility index (Phi) is 5.48. The van der Waals surface area contributed by atoms with Gasteiger partial charge in [0, 0.05) is 0 Å². The molecule has 0 spiro atoms. The van der Waals surface area contributed by atoms with Gasteiger partial charge >= 0.3 is 5.97 Å². The van der Waals surface area contributed by atoms with E-state index in [4.69, 9.17) is 16.3 Å². The van der Waals surface area contributed by atoms with Gasteiger partial charge in [-0.15, -0.1) is 0 Å². The molecule has 1 aromatic rings. The average molecular weight is 270 g/mol. The largest absolute Gasteiger partial charge is 0.464 e. The number of halogens is 1. The molecule has 0 saturated carbocycles. The lowest BCUT2D eigenvalue weighted by molar-refractivity contribution is -0.148. The Morgan fingerprint density at radius 3 is 2.61 bits per heavy atom. The Labute approximate surface area is 113 Å². The van der Waals surface area contributed by atoms with Gasteiger partial charge in [0.15, 0.2) is 0 Å². The smallest absolute Gasteiger partial charge is 0.331 e. The van der Waals surface area contributed by atoms with Gasteiger partial charge in [-0.1, -0.05) is 37.1 Å². The fourth-order valence-electron chi connectivity index (χ4n) is 1.87. The van der Waals surface area contributed by atoms with E-state index in [1.54, 1.807) is 13.0 Å². The molecule has 1 N–H and O–H groups in total. The lowest BCUT2D eigenvalue weighted by Gasteiger charge is -2.29. The van der Waals surface area contributed by atoms with E-state index in [1.165, 1.54) is 0 Å². The van der Waals surface area contributed by atoms with Crippen LogP contribution in [-0.4, -0.2) is 18.1 Å². The highest BCUT2D eigenvalue weighted by molar-refractivity contribution is 6.33. The van der Waals surface area contributed by atoms with Crippen molar-refractivity contribution in [3.05, 3.63) is 29.3 Å². The molecule has 4 heteroatoms. The zero-order valence-electron chi connectivity index (χ0n) is 11.1. The highest BCUT2D eigenvalue weighted by atomic mass is 35.5. The SMILES string of the molecule is CCCC(C)(Nc1ccccc1Cl)C(=O)OCC. The lowest BCUT2D eigenvalue weighted by atomic mass is 9.95. The van der Waals surface area contributed by atoms with Crippen molar-refractivity contribution in [3.8, 4) is 0 Å². The number of carbonyl (C=O) groups is 1. The topological polar surface area (TPSA) is 38.3 Å². The number of nitrogens with one attached hydrogen (secondary N) is 1. The molecule has 18 heavy (non-hydrogen) atoms. The summed E-state index contributed by atoms with van der Waals surface area (Å²) in [5.41, 5.74) is 0.0126. The molecule has 0 aliphatic rings. The molecule has 1 atom stereocenters. The van der Waals surface area contributed by atoms with E-state index < -0.39 is 5.54 Å². The van der Waals surface area contributed by atoms with Crippen LogP contribution in [0.3, 0.4) is 0 Å². The number of para-hydroxylation sites is 1. The summed E-state index contributed by atoms with van der Waals surface area (Å²) in [6.07, 6.45) is 1.57. The average Bonchev–Trinajstić information content (AvgIpc) is 2.33. The van der Waals surface area contributed by atoms with Crippen molar-refractivity contribution in [2.45, 2.75) is 39.2 Å². The van der Waals surface area contributed by atoms with Crippen molar-refractivity contribution in [2.24, 2.45) is 0 Å². The summed E-state index contributed by atoms with van der Waals surface area (Å²) in [5.74, 6) is -0.244. The van der Waals surface area contributed by atoms with Crippen LogP contribution in [0.5, 0.6) is 0 Å². The van der Waals surface area contributed by atoms with Gasteiger partial charge in [-0.3, -0.25) is 0 Å². The normalized spacial score (nSPS) is 13.8. The van der Waals surface area contributed by atoms with Crippen molar-refractivity contribution in [1.29, 1.82) is 0 Å². The van der Waals surface area contributed by atoms with E-state index in [0.29, 0.717) is 18.1 Å². The molecular weight excluding hydrogens is 250 g/mol. The number of carbonyl (C=O) groups excluding carboxylic acids is 1. The van der Waals surface area contributed by atoms with Crippen LogP contribution >= 0.6 is 11.6 Å². The van der Waals surface area contributed by atoms with Crippen LogP contribution in [-0.2, 0) is 9.53 Å². The number of ether oxygens (including phenoxy) is 1. The highest BCUT2D eigenvalue weighted by Gasteiger charge is 2.34. The summed E-state index contributed by atoms with van der Waals surface area (Å²) in [6, 6.07) is 7.39. The van der Waals surface area contributed by atoms with Crippen molar-refractivity contribution in [2.75, 3.05) is 11.9 Å². The predicted molar refractivity (Wildman–Crippen MR) is 75.0 cm³/mol. The highest BCUT2D eigenvalue weighted by Crippen LogP contribution is 2.27. The van der Waals surface area contributed by atoms with Crippen LogP contribution in [0, 0.1) is 0 Å². The predicted octanol–water partition coefficient (Wildman–Crippen LogP) is 3.87. The minimum atomic E-state index is -0.740. The fourth-order valence-corrected chi connectivity index (χ4v) is 2.05. The molecule has 1 unspecified atom stereocenters. The van der Waals surface area contributed by atoms with E-state index in [-0.39, 0.29) is 5.97 Å². The molecule has 0 aliphatic carbocycles. The second kappa shape index (κ2) is 6.64. The van der Waals surface area contributed by atoms with Crippen molar-refractivity contribution in [3.63, 3.8) is 0 Å². The van der Waals surface area contributed by atoms with Gasteiger partial charge in [0.2, 0.25) is 0 Å². The third-order valence-corrected chi connectivity index (χ3v) is 3.09. The van der Waals surface area contributed by atoms with Crippen LogP contribution < -0.4 is 5.32 Å². The molecule has 0 aromatic heterocycles. The number of hydrogen-bond donors (Lipinski definition) is 1. The first-order valence-electron chi connectivity index (χ1n) is 6.23. The third kappa shape index (κ3) is 3.64. The zero-order chi connectivity index (χ0) is 13.6. The number of benzene rings is 1. The molecule has 0 radical (unpaired) electrons. The number of rotatable bonds is 6. The molecule has 0 aliphatic heterocycles. The maximum atomic E-state index is 12.0. The van der Waals surface area contributed by atoms with Gasteiger partial charge in [0.1, 0.15) is 5.54 Å². The molecule has 1 rings (SSSR count). The molecule has 100 valence electrons. The molecule has 0 heterocycles. The molecule has 0 saturated heterocycles. The van der Waals surface area contributed by atoms with E-state index >= 15 is 0 Å². The lowest BCUT2D eigenvalue weighted by Crippen LogP contribution is -2.44. The summed E-state index contributed by atoms with van der Waals surface area (Å²) in [4.78, 5) is 12.0. The van der Waals surface area contributed by atoms with Crippen LogP contribution in [0.1, 0.15) is 33.6 Å². The zero-order valence-corrected chi connectivity index (χ0v) is 11.9. The van der Waals surface area contributed by atoms with Crippen LogP contribution in [0.25, 0.3) is 0 Å². The second-order valence-corrected chi connectivity index (χ2v) is 4.81. The van der Waals surface area contributed by atoms with Crippen LogP contribution in [0.4, 0.5) is 5.69 Å². The number of hydrogen-bond acceptors (Lipinski definition) is 3. The first kappa shape index (κ1) is 14.8. The van der Waals surface area contributed by atoms with Crippen molar-refractivity contribution >= 4 is 23.3 Å². The second-order valence-electron chi connectivity index (χ2n) is 4.41. The van der Waals surface area contributed by atoms with E-state index in [9.17, 15) is 4.79 Å². The molecule has 3 nitrogen and oxygen atoms in total. The fraction of sp³-hybridized carbons (Fsp3) is 0.500. The molecule has 1 aromatic carbocycles. The van der Waals surface area contributed by atoms with Gasteiger partial charge in [-0.05, 0) is 32.4 Å². The maximum Gasteiger partial charge on any atom is 0.331 e. The Morgan fingerprint density at radius 2 is 2.06 bits per heavy atom. The van der Waals surface area contributed by atoms with E-state index in [0.717, 1.165) is 12.1 Å². The monoisotopic (exact) mass is 269 g/mol. The summed E-state index contributed by atoms with van der Waals surface area (Å²) in [7, 11) is 0. The minimum absolute atomic E-state index is 0.244. The van der Waals surface area contributed by atoms with Gasteiger partial charge < -0.3 is 10.1 Å². The van der Waals surface area contributed by atoms with E-state index in [1.807, 2.05) is 32.0 Å². The molecule has 0 bridgehead atoms.